The van der Waals surface area contributed by atoms with Crippen LogP contribution in [0.1, 0.15) is 31.7 Å². The van der Waals surface area contributed by atoms with E-state index in [2.05, 4.69) is 37.0 Å². The Balaban J connectivity index is 2.47. The van der Waals surface area contributed by atoms with E-state index >= 15 is 0 Å². The number of nitrogens with zero attached hydrogens (tertiary/aromatic N) is 1. The molecule has 0 saturated carbocycles. The molecule has 0 radical (unpaired) electrons. The Morgan fingerprint density at radius 2 is 2.00 bits per heavy atom. The third-order valence-electron chi connectivity index (χ3n) is 3.00. The van der Waals surface area contributed by atoms with Gasteiger partial charge < -0.3 is 5.73 Å². The van der Waals surface area contributed by atoms with Crippen molar-refractivity contribution in [1.82, 2.24) is 4.98 Å². The molecule has 1 aromatic heterocycles. The molecule has 1 aromatic rings. The van der Waals surface area contributed by atoms with Crippen LogP contribution >= 0.6 is 0 Å². The van der Waals surface area contributed by atoms with E-state index in [0.717, 1.165) is 23.5 Å². The minimum Gasteiger partial charge on any atom is -0.402 e. The van der Waals surface area contributed by atoms with Gasteiger partial charge in [-0.25, -0.2) is 0 Å². The van der Waals surface area contributed by atoms with Gasteiger partial charge in [-0.05, 0) is 42.5 Å². The summed E-state index contributed by atoms with van der Waals surface area (Å²) in [5.74, 6) is 0. The molecule has 0 spiro atoms. The first-order chi connectivity index (χ1) is 7.49. The Labute approximate surface area is 96.9 Å². The fourth-order valence-electron chi connectivity index (χ4n) is 2.21. The van der Waals surface area contributed by atoms with Crippen LogP contribution in [-0.4, -0.2) is 4.98 Å². The second kappa shape index (κ2) is 3.78. The Bertz CT molecular complexity index is 467. The molecule has 1 aliphatic rings. The zero-order valence-corrected chi connectivity index (χ0v) is 10.1. The van der Waals surface area contributed by atoms with Gasteiger partial charge in [0, 0.05) is 11.4 Å². The quantitative estimate of drug-likeness (QED) is 0.780. The van der Waals surface area contributed by atoms with Crippen LogP contribution in [0.3, 0.4) is 0 Å². The van der Waals surface area contributed by atoms with Gasteiger partial charge in [-0.3, -0.25) is 4.98 Å². The molecule has 0 bridgehead atoms. The van der Waals surface area contributed by atoms with Crippen molar-refractivity contribution in [3.8, 4) is 0 Å². The summed E-state index contributed by atoms with van der Waals surface area (Å²) in [5.41, 5.74) is 10.3. The summed E-state index contributed by atoms with van der Waals surface area (Å²) >= 11 is 0. The average molecular weight is 214 g/mol. The summed E-state index contributed by atoms with van der Waals surface area (Å²) in [6.07, 6.45) is 4.99. The van der Waals surface area contributed by atoms with Crippen molar-refractivity contribution in [2.75, 3.05) is 0 Å². The summed E-state index contributed by atoms with van der Waals surface area (Å²) in [6.45, 7) is 6.44. The minimum atomic E-state index is 0.0691. The van der Waals surface area contributed by atoms with Crippen molar-refractivity contribution >= 4 is 5.57 Å². The minimum absolute atomic E-state index is 0.0691. The standard InChI is InChI=1S/C14H18N2/c1-10-5-4-6-13(16-10)12-8-7-11(15)9-14(12,2)3/h4-8H,9,15H2,1-3H3. The number of nitrogens with two attached hydrogens (primary N) is 1. The van der Waals surface area contributed by atoms with Gasteiger partial charge in [0.15, 0.2) is 0 Å². The first-order valence-electron chi connectivity index (χ1n) is 5.60. The first-order valence-corrected chi connectivity index (χ1v) is 5.60. The highest BCUT2D eigenvalue weighted by Gasteiger charge is 2.28. The normalized spacial score (nSPS) is 18.9. The molecular formula is C14H18N2. The van der Waals surface area contributed by atoms with Gasteiger partial charge >= 0.3 is 0 Å². The van der Waals surface area contributed by atoms with Gasteiger partial charge in [-0.1, -0.05) is 26.0 Å². The maximum Gasteiger partial charge on any atom is 0.0670 e. The molecule has 2 rings (SSSR count). The number of hydrogen-bond acceptors (Lipinski definition) is 2. The van der Waals surface area contributed by atoms with Gasteiger partial charge in [0.1, 0.15) is 0 Å². The largest absolute Gasteiger partial charge is 0.402 e. The van der Waals surface area contributed by atoms with E-state index in [1.165, 1.54) is 5.57 Å². The zero-order chi connectivity index (χ0) is 11.8. The van der Waals surface area contributed by atoms with E-state index in [9.17, 15) is 0 Å². The van der Waals surface area contributed by atoms with Gasteiger partial charge in [-0.15, -0.1) is 0 Å². The van der Waals surface area contributed by atoms with Crippen LogP contribution in [0.2, 0.25) is 0 Å². The highest BCUT2D eigenvalue weighted by atomic mass is 14.7. The maximum atomic E-state index is 5.88. The second-order valence-electron chi connectivity index (χ2n) is 5.05. The van der Waals surface area contributed by atoms with E-state index in [0.29, 0.717) is 0 Å². The molecule has 1 aliphatic carbocycles. The van der Waals surface area contributed by atoms with Crippen molar-refractivity contribution in [2.24, 2.45) is 11.1 Å². The Kier molecular flexibility index (Phi) is 2.58. The highest BCUT2D eigenvalue weighted by Crippen LogP contribution is 2.40. The summed E-state index contributed by atoms with van der Waals surface area (Å²) in [5, 5.41) is 0. The van der Waals surface area contributed by atoms with Gasteiger partial charge in [-0.2, -0.15) is 0 Å². The summed E-state index contributed by atoms with van der Waals surface area (Å²) in [7, 11) is 0. The number of hydrogen-bond donors (Lipinski definition) is 1. The molecule has 84 valence electrons. The fourth-order valence-corrected chi connectivity index (χ4v) is 2.21. The van der Waals surface area contributed by atoms with Crippen LogP contribution in [0.4, 0.5) is 0 Å². The topological polar surface area (TPSA) is 38.9 Å². The summed E-state index contributed by atoms with van der Waals surface area (Å²) in [4.78, 5) is 4.58. The fraction of sp³-hybridized carbons (Fsp3) is 0.357. The lowest BCUT2D eigenvalue weighted by Gasteiger charge is -2.30. The van der Waals surface area contributed by atoms with Gasteiger partial charge in [0.05, 0.1) is 5.69 Å². The molecule has 0 aliphatic heterocycles. The van der Waals surface area contributed by atoms with Crippen molar-refractivity contribution in [2.45, 2.75) is 27.2 Å². The molecule has 0 unspecified atom stereocenters. The van der Waals surface area contributed by atoms with Crippen molar-refractivity contribution < 1.29 is 0 Å². The molecule has 0 aromatic carbocycles. The molecule has 0 amide bonds. The molecule has 2 N–H and O–H groups in total. The van der Waals surface area contributed by atoms with Crippen LogP contribution in [0.15, 0.2) is 36.0 Å². The van der Waals surface area contributed by atoms with Gasteiger partial charge in [0.25, 0.3) is 0 Å². The smallest absolute Gasteiger partial charge is 0.0670 e. The number of rotatable bonds is 1. The number of aromatic nitrogens is 1. The van der Waals surface area contributed by atoms with Crippen LogP contribution in [0, 0.1) is 12.3 Å². The van der Waals surface area contributed by atoms with Gasteiger partial charge in [0.2, 0.25) is 0 Å². The molecule has 1 heterocycles. The van der Waals surface area contributed by atoms with Crippen LogP contribution < -0.4 is 5.73 Å². The summed E-state index contributed by atoms with van der Waals surface area (Å²) < 4.78 is 0. The Hall–Kier alpha value is -1.57. The molecule has 0 fully saturated rings. The van der Waals surface area contributed by atoms with Crippen LogP contribution in [0.25, 0.3) is 5.57 Å². The number of pyridine rings is 1. The van der Waals surface area contributed by atoms with E-state index in [4.69, 9.17) is 5.73 Å². The van der Waals surface area contributed by atoms with E-state index in [1.807, 2.05) is 19.1 Å². The molecule has 0 saturated heterocycles. The Morgan fingerprint density at radius 3 is 2.62 bits per heavy atom. The third kappa shape index (κ3) is 2.01. The number of allylic oxidation sites excluding steroid dienone is 4. The lowest BCUT2D eigenvalue weighted by molar-refractivity contribution is 0.486. The highest BCUT2D eigenvalue weighted by molar-refractivity contribution is 5.70. The van der Waals surface area contributed by atoms with Crippen molar-refractivity contribution in [1.29, 1.82) is 0 Å². The lowest BCUT2D eigenvalue weighted by atomic mass is 9.75. The van der Waals surface area contributed by atoms with Crippen molar-refractivity contribution in [3.05, 3.63) is 47.4 Å². The van der Waals surface area contributed by atoms with E-state index < -0.39 is 0 Å². The molecule has 2 nitrogen and oxygen atoms in total. The molecular weight excluding hydrogens is 196 g/mol. The average Bonchev–Trinajstić information content (AvgIpc) is 2.15. The molecule has 2 heteroatoms. The summed E-state index contributed by atoms with van der Waals surface area (Å²) in [6, 6.07) is 6.14. The second-order valence-corrected chi connectivity index (χ2v) is 5.05. The third-order valence-corrected chi connectivity index (χ3v) is 3.00. The maximum absolute atomic E-state index is 5.88. The molecule has 16 heavy (non-hydrogen) atoms. The first kappa shape index (κ1) is 10.9. The number of aryl methyl sites for hydroxylation is 1. The van der Waals surface area contributed by atoms with Crippen LogP contribution in [0.5, 0.6) is 0 Å². The Morgan fingerprint density at radius 1 is 1.25 bits per heavy atom. The van der Waals surface area contributed by atoms with Crippen molar-refractivity contribution in [3.63, 3.8) is 0 Å². The zero-order valence-electron chi connectivity index (χ0n) is 10.1. The SMILES string of the molecule is Cc1cccc(C2=CC=C(N)CC2(C)C)n1. The van der Waals surface area contributed by atoms with E-state index in [-0.39, 0.29) is 5.41 Å². The monoisotopic (exact) mass is 214 g/mol. The van der Waals surface area contributed by atoms with E-state index in [1.54, 1.807) is 0 Å². The van der Waals surface area contributed by atoms with Crippen LogP contribution in [-0.2, 0) is 0 Å². The predicted molar refractivity (Wildman–Crippen MR) is 67.6 cm³/mol. The lowest BCUT2D eigenvalue weighted by Crippen LogP contribution is -2.21. The molecule has 0 atom stereocenters. The predicted octanol–water partition coefficient (Wildman–Crippen LogP) is 3.05.